The van der Waals surface area contributed by atoms with Crippen LogP contribution in [0.3, 0.4) is 0 Å². The maximum Gasteiger partial charge on any atom is 0.127 e. The van der Waals surface area contributed by atoms with Crippen molar-refractivity contribution in [3.8, 4) is 16.9 Å². The SMILES string of the molecule is Cc1cc(-c2cnn(C)c2)c2cc(/C(N)=C/C=C(\N)N(C)C3CC(C)(C)NC(C)(C)C3)c(O)cc2n1. The Kier molecular flexibility index (Phi) is 6.51. The lowest BCUT2D eigenvalue weighted by molar-refractivity contribution is 0.0981. The molecule has 0 bridgehead atoms. The van der Waals surface area contributed by atoms with Crippen LogP contribution in [0.25, 0.3) is 27.7 Å². The third-order valence-corrected chi connectivity index (χ3v) is 6.94. The van der Waals surface area contributed by atoms with Gasteiger partial charge in [-0.2, -0.15) is 5.10 Å². The highest BCUT2D eigenvalue weighted by Crippen LogP contribution is 2.35. The summed E-state index contributed by atoms with van der Waals surface area (Å²) in [5, 5.41) is 19.7. The fraction of sp³-hybridized carbons (Fsp3) is 0.429. The summed E-state index contributed by atoms with van der Waals surface area (Å²) >= 11 is 0. The van der Waals surface area contributed by atoms with Crippen LogP contribution in [0.5, 0.6) is 5.75 Å². The van der Waals surface area contributed by atoms with Crippen molar-refractivity contribution in [3.05, 3.63) is 59.8 Å². The summed E-state index contributed by atoms with van der Waals surface area (Å²) in [6.07, 6.45) is 9.32. The quantitative estimate of drug-likeness (QED) is 0.400. The summed E-state index contributed by atoms with van der Waals surface area (Å²) in [6, 6.07) is 5.87. The zero-order valence-electron chi connectivity index (χ0n) is 22.4. The van der Waals surface area contributed by atoms with E-state index in [0.29, 0.717) is 28.6 Å². The molecule has 36 heavy (non-hydrogen) atoms. The monoisotopic (exact) mass is 489 g/mol. The Balaban J connectivity index is 1.67. The minimum atomic E-state index is 0.0189. The largest absolute Gasteiger partial charge is 0.507 e. The summed E-state index contributed by atoms with van der Waals surface area (Å²) in [4.78, 5) is 6.74. The van der Waals surface area contributed by atoms with Gasteiger partial charge in [0.2, 0.25) is 0 Å². The molecule has 1 fully saturated rings. The van der Waals surface area contributed by atoms with Gasteiger partial charge < -0.3 is 26.8 Å². The van der Waals surface area contributed by atoms with Crippen LogP contribution in [0.1, 0.15) is 51.8 Å². The van der Waals surface area contributed by atoms with E-state index in [4.69, 9.17) is 11.5 Å². The number of aromatic hydroxyl groups is 1. The molecule has 192 valence electrons. The first kappa shape index (κ1) is 25.6. The highest BCUT2D eigenvalue weighted by molar-refractivity contribution is 5.97. The molecule has 0 aliphatic carbocycles. The van der Waals surface area contributed by atoms with Crippen LogP contribution < -0.4 is 16.8 Å². The van der Waals surface area contributed by atoms with E-state index < -0.39 is 0 Å². The van der Waals surface area contributed by atoms with Crippen LogP contribution in [0.4, 0.5) is 0 Å². The first-order valence-corrected chi connectivity index (χ1v) is 12.3. The van der Waals surface area contributed by atoms with E-state index in [1.807, 2.05) is 51.6 Å². The number of nitrogens with one attached hydrogen (secondary N) is 1. The summed E-state index contributed by atoms with van der Waals surface area (Å²) in [7, 11) is 3.91. The highest BCUT2D eigenvalue weighted by atomic mass is 16.3. The molecule has 6 N–H and O–H groups in total. The molecule has 0 spiro atoms. The number of benzene rings is 1. The second kappa shape index (κ2) is 9.17. The molecule has 4 rings (SSSR count). The van der Waals surface area contributed by atoms with Crippen LogP contribution in [0.2, 0.25) is 0 Å². The summed E-state index contributed by atoms with van der Waals surface area (Å²) in [5.74, 6) is 0.707. The van der Waals surface area contributed by atoms with Gasteiger partial charge in [-0.3, -0.25) is 9.67 Å². The standard InChI is InChI=1S/C28H39N7O/c1-17-10-20(18-15-31-34(6)16-18)21-11-22(25(36)12-24(21)32-17)23(29)8-9-26(30)35(7)19-13-27(2,3)33-28(4,5)14-19/h8-12,15-16,19,33,36H,13-14,29-30H2,1-7H3/b23-8-,26-9+. The number of hydrogen-bond acceptors (Lipinski definition) is 7. The molecule has 0 unspecified atom stereocenters. The molecule has 0 atom stereocenters. The first-order chi connectivity index (χ1) is 16.7. The molecule has 0 saturated carbocycles. The first-order valence-electron chi connectivity index (χ1n) is 12.3. The Bertz CT molecular complexity index is 1330. The van der Waals surface area contributed by atoms with Gasteiger partial charge in [0.15, 0.2) is 0 Å². The maximum absolute atomic E-state index is 10.8. The van der Waals surface area contributed by atoms with E-state index in [1.165, 1.54) is 0 Å². The molecule has 1 aromatic carbocycles. The molecule has 1 saturated heterocycles. The molecule has 1 aliphatic heterocycles. The lowest BCUT2D eigenvalue weighted by Crippen LogP contribution is -2.61. The molecule has 3 heterocycles. The maximum atomic E-state index is 10.8. The number of aromatic nitrogens is 3. The van der Waals surface area contributed by atoms with Gasteiger partial charge in [-0.05, 0) is 77.3 Å². The Morgan fingerprint density at radius 2 is 1.81 bits per heavy atom. The number of allylic oxidation sites excluding steroid dienone is 2. The number of nitrogens with zero attached hydrogens (tertiary/aromatic N) is 4. The number of phenolic OH excluding ortho intramolecular Hbond substituents is 1. The minimum absolute atomic E-state index is 0.0189. The van der Waals surface area contributed by atoms with Crippen molar-refractivity contribution < 1.29 is 5.11 Å². The van der Waals surface area contributed by atoms with Crippen molar-refractivity contribution in [2.24, 2.45) is 18.5 Å². The molecule has 0 radical (unpaired) electrons. The van der Waals surface area contributed by atoms with Crippen molar-refractivity contribution in [2.75, 3.05) is 7.05 Å². The zero-order chi connectivity index (χ0) is 26.4. The van der Waals surface area contributed by atoms with E-state index in [9.17, 15) is 5.11 Å². The fourth-order valence-electron chi connectivity index (χ4n) is 5.56. The van der Waals surface area contributed by atoms with Crippen LogP contribution in [-0.4, -0.2) is 48.9 Å². The second-order valence-electron chi connectivity index (χ2n) is 11.4. The molecule has 8 heteroatoms. The van der Waals surface area contributed by atoms with Crippen molar-refractivity contribution in [2.45, 2.75) is 64.6 Å². The number of rotatable bonds is 5. The van der Waals surface area contributed by atoms with Crippen LogP contribution >= 0.6 is 0 Å². The van der Waals surface area contributed by atoms with Gasteiger partial charge in [0.1, 0.15) is 5.75 Å². The molecule has 1 aliphatic rings. The Morgan fingerprint density at radius 1 is 1.14 bits per heavy atom. The van der Waals surface area contributed by atoms with Crippen LogP contribution in [0.15, 0.2) is 48.6 Å². The van der Waals surface area contributed by atoms with Gasteiger partial charge in [0.05, 0.1) is 17.5 Å². The third-order valence-electron chi connectivity index (χ3n) is 6.94. The summed E-state index contributed by atoms with van der Waals surface area (Å²) in [6.45, 7) is 10.8. The zero-order valence-corrected chi connectivity index (χ0v) is 22.4. The molecule has 8 nitrogen and oxygen atoms in total. The van der Waals surface area contributed by atoms with Crippen molar-refractivity contribution in [1.29, 1.82) is 0 Å². The van der Waals surface area contributed by atoms with Gasteiger partial charge in [0, 0.05) is 71.4 Å². The topological polar surface area (TPSA) is 118 Å². The second-order valence-corrected chi connectivity index (χ2v) is 11.4. The number of piperidine rings is 1. The lowest BCUT2D eigenvalue weighted by Gasteiger charge is -2.49. The van der Waals surface area contributed by atoms with Gasteiger partial charge in [-0.1, -0.05) is 0 Å². The number of phenols is 1. The van der Waals surface area contributed by atoms with Crippen molar-refractivity contribution in [1.82, 2.24) is 25.0 Å². The van der Waals surface area contributed by atoms with Crippen LogP contribution in [-0.2, 0) is 7.05 Å². The molecular weight excluding hydrogens is 450 g/mol. The van der Waals surface area contributed by atoms with E-state index >= 15 is 0 Å². The molecular formula is C28H39N7O. The number of pyridine rings is 1. The number of aryl methyl sites for hydroxylation is 2. The predicted octanol–water partition coefficient (Wildman–Crippen LogP) is 3.99. The van der Waals surface area contributed by atoms with Gasteiger partial charge in [-0.25, -0.2) is 0 Å². The van der Waals surface area contributed by atoms with E-state index in [2.05, 4.69) is 48.0 Å². The average Bonchev–Trinajstić information content (AvgIpc) is 3.19. The number of nitrogens with two attached hydrogens (primary N) is 2. The highest BCUT2D eigenvalue weighted by Gasteiger charge is 2.39. The molecule has 2 aromatic heterocycles. The fourth-order valence-corrected chi connectivity index (χ4v) is 5.56. The van der Waals surface area contributed by atoms with E-state index in [0.717, 1.165) is 35.0 Å². The van der Waals surface area contributed by atoms with E-state index in [-0.39, 0.29) is 16.8 Å². The van der Waals surface area contributed by atoms with Gasteiger partial charge >= 0.3 is 0 Å². The number of fused-ring (bicyclic) bond motifs is 1. The lowest BCUT2D eigenvalue weighted by atomic mass is 9.79. The Labute approximate surface area is 213 Å². The predicted molar refractivity (Wildman–Crippen MR) is 147 cm³/mol. The number of hydrogen-bond donors (Lipinski definition) is 4. The van der Waals surface area contributed by atoms with Crippen molar-refractivity contribution in [3.63, 3.8) is 0 Å². The summed E-state index contributed by atoms with van der Waals surface area (Å²) in [5.41, 5.74) is 17.5. The average molecular weight is 490 g/mol. The normalized spacial score (nSPS) is 18.5. The molecule has 0 amide bonds. The smallest absolute Gasteiger partial charge is 0.127 e. The Hall–Kier alpha value is -3.52. The third kappa shape index (κ3) is 5.33. The van der Waals surface area contributed by atoms with Gasteiger partial charge in [-0.15, -0.1) is 0 Å². The molecule has 3 aromatic rings. The Morgan fingerprint density at radius 3 is 2.42 bits per heavy atom. The van der Waals surface area contributed by atoms with Crippen molar-refractivity contribution >= 4 is 16.6 Å². The van der Waals surface area contributed by atoms with Gasteiger partial charge in [0.25, 0.3) is 0 Å². The van der Waals surface area contributed by atoms with E-state index in [1.54, 1.807) is 16.8 Å². The van der Waals surface area contributed by atoms with Crippen LogP contribution in [0, 0.1) is 6.92 Å². The minimum Gasteiger partial charge on any atom is -0.507 e. The summed E-state index contributed by atoms with van der Waals surface area (Å²) < 4.78 is 1.77.